The Balaban J connectivity index is 2.02. The molecule has 21 heavy (non-hydrogen) atoms. The Bertz CT molecular complexity index is 533. The monoisotopic (exact) mass is 312 g/mol. The lowest BCUT2D eigenvalue weighted by Gasteiger charge is -2.34. The number of rotatable bonds is 6. The van der Waals surface area contributed by atoms with E-state index in [0.29, 0.717) is 0 Å². The maximum Gasteiger partial charge on any atom is 0.151 e. The second-order valence-electron chi connectivity index (χ2n) is 5.59. The standard InChI is InChI=1S/C15H24N2O3S/c1-3-21(18,19)11-12(2)17-14-5-4-10-20-15(14)13-6-8-16-9-7-13/h6-9,12,14-15,17H,3-5,10-11H2,1-2H3/t12-,14+,15-/m1/s1. The number of pyridine rings is 1. The van der Waals surface area contributed by atoms with Gasteiger partial charge in [-0.2, -0.15) is 0 Å². The fourth-order valence-electron chi connectivity index (χ4n) is 2.75. The van der Waals surface area contributed by atoms with Crippen LogP contribution in [0.4, 0.5) is 0 Å². The molecule has 0 amide bonds. The molecule has 118 valence electrons. The third kappa shape index (κ3) is 4.76. The smallest absolute Gasteiger partial charge is 0.151 e. The Morgan fingerprint density at radius 1 is 1.43 bits per heavy atom. The van der Waals surface area contributed by atoms with Gasteiger partial charge in [0.25, 0.3) is 0 Å². The first-order valence-corrected chi connectivity index (χ1v) is 9.32. The van der Waals surface area contributed by atoms with Crippen LogP contribution in [-0.4, -0.2) is 43.6 Å². The Labute approximate surface area is 127 Å². The molecule has 2 rings (SSSR count). The molecule has 1 aliphatic rings. The van der Waals surface area contributed by atoms with Crippen molar-refractivity contribution in [3.05, 3.63) is 30.1 Å². The summed E-state index contributed by atoms with van der Waals surface area (Å²) in [4.78, 5) is 4.03. The van der Waals surface area contributed by atoms with Crippen LogP contribution in [0.3, 0.4) is 0 Å². The second kappa shape index (κ2) is 7.33. The summed E-state index contributed by atoms with van der Waals surface area (Å²) in [6.07, 6.45) is 5.47. The molecule has 0 bridgehead atoms. The molecule has 0 aromatic carbocycles. The molecule has 0 radical (unpaired) electrons. The van der Waals surface area contributed by atoms with Gasteiger partial charge in [0.05, 0.1) is 11.9 Å². The Morgan fingerprint density at radius 3 is 2.81 bits per heavy atom. The van der Waals surface area contributed by atoms with Gasteiger partial charge in [0.1, 0.15) is 0 Å². The number of hydrogen-bond donors (Lipinski definition) is 1. The van der Waals surface area contributed by atoms with E-state index in [1.807, 2.05) is 19.1 Å². The quantitative estimate of drug-likeness (QED) is 0.866. The second-order valence-corrected chi connectivity index (χ2v) is 7.99. The van der Waals surface area contributed by atoms with E-state index in [4.69, 9.17) is 4.74 Å². The van der Waals surface area contributed by atoms with Gasteiger partial charge < -0.3 is 10.1 Å². The van der Waals surface area contributed by atoms with Gasteiger partial charge in [0, 0.05) is 36.8 Å². The summed E-state index contributed by atoms with van der Waals surface area (Å²) < 4.78 is 29.3. The van der Waals surface area contributed by atoms with Crippen molar-refractivity contribution in [1.82, 2.24) is 10.3 Å². The largest absolute Gasteiger partial charge is 0.372 e. The van der Waals surface area contributed by atoms with Gasteiger partial charge in [-0.25, -0.2) is 8.42 Å². The van der Waals surface area contributed by atoms with Crippen molar-refractivity contribution in [2.75, 3.05) is 18.1 Å². The molecule has 3 atom stereocenters. The summed E-state index contributed by atoms with van der Waals surface area (Å²) in [5.74, 6) is 0.358. The molecule has 2 heterocycles. The van der Waals surface area contributed by atoms with E-state index >= 15 is 0 Å². The van der Waals surface area contributed by atoms with Gasteiger partial charge in [-0.1, -0.05) is 6.92 Å². The summed E-state index contributed by atoms with van der Waals surface area (Å²) in [6.45, 7) is 4.35. The molecule has 0 unspecified atom stereocenters. The van der Waals surface area contributed by atoms with Crippen LogP contribution < -0.4 is 5.32 Å². The van der Waals surface area contributed by atoms with Crippen LogP contribution in [-0.2, 0) is 14.6 Å². The van der Waals surface area contributed by atoms with Gasteiger partial charge in [-0.15, -0.1) is 0 Å². The molecule has 6 heteroatoms. The highest BCUT2D eigenvalue weighted by molar-refractivity contribution is 7.91. The summed E-state index contributed by atoms with van der Waals surface area (Å²) in [6, 6.07) is 3.98. The van der Waals surface area contributed by atoms with Crippen molar-refractivity contribution >= 4 is 9.84 Å². The number of sulfone groups is 1. The minimum Gasteiger partial charge on any atom is -0.372 e. The third-order valence-corrected chi connectivity index (χ3v) is 5.69. The predicted octanol–water partition coefficient (Wildman–Crippen LogP) is 1.71. The molecule has 0 saturated carbocycles. The summed E-state index contributed by atoms with van der Waals surface area (Å²) in [5.41, 5.74) is 1.09. The molecule has 1 N–H and O–H groups in total. The Morgan fingerprint density at radius 2 is 2.14 bits per heavy atom. The molecule has 1 aliphatic heterocycles. The first-order chi connectivity index (χ1) is 10.0. The highest BCUT2D eigenvalue weighted by atomic mass is 32.2. The van der Waals surface area contributed by atoms with Crippen LogP contribution in [0.15, 0.2) is 24.5 Å². The lowest BCUT2D eigenvalue weighted by atomic mass is 9.96. The minimum absolute atomic E-state index is 0.0338. The maximum absolute atomic E-state index is 11.7. The van der Waals surface area contributed by atoms with E-state index in [-0.39, 0.29) is 29.7 Å². The van der Waals surface area contributed by atoms with Gasteiger partial charge in [0.15, 0.2) is 9.84 Å². The fraction of sp³-hybridized carbons (Fsp3) is 0.667. The number of nitrogens with one attached hydrogen (secondary N) is 1. The molecular formula is C15H24N2O3S. The van der Waals surface area contributed by atoms with E-state index in [9.17, 15) is 8.42 Å². The molecule has 1 aromatic heterocycles. The minimum atomic E-state index is -2.96. The van der Waals surface area contributed by atoms with Crippen LogP contribution in [0.25, 0.3) is 0 Å². The van der Waals surface area contributed by atoms with Crippen molar-refractivity contribution in [3.8, 4) is 0 Å². The number of hydrogen-bond acceptors (Lipinski definition) is 5. The lowest BCUT2D eigenvalue weighted by Crippen LogP contribution is -2.46. The van der Waals surface area contributed by atoms with E-state index in [0.717, 1.165) is 25.0 Å². The first-order valence-electron chi connectivity index (χ1n) is 7.50. The van der Waals surface area contributed by atoms with Crippen LogP contribution >= 0.6 is 0 Å². The Kier molecular flexibility index (Phi) is 5.72. The van der Waals surface area contributed by atoms with Crippen LogP contribution in [0, 0.1) is 0 Å². The summed E-state index contributed by atoms with van der Waals surface area (Å²) in [7, 11) is -2.96. The van der Waals surface area contributed by atoms with Gasteiger partial charge >= 0.3 is 0 Å². The van der Waals surface area contributed by atoms with Crippen LogP contribution in [0.1, 0.15) is 38.4 Å². The van der Waals surface area contributed by atoms with Crippen molar-refractivity contribution in [3.63, 3.8) is 0 Å². The zero-order valence-electron chi connectivity index (χ0n) is 12.7. The number of nitrogens with zero attached hydrogens (tertiary/aromatic N) is 1. The van der Waals surface area contributed by atoms with Crippen LogP contribution in [0.2, 0.25) is 0 Å². The van der Waals surface area contributed by atoms with Crippen molar-refractivity contribution in [2.24, 2.45) is 0 Å². The zero-order chi connectivity index (χ0) is 15.3. The fourth-order valence-corrected chi connectivity index (χ4v) is 3.84. The molecule has 1 fully saturated rings. The average molecular weight is 312 g/mol. The van der Waals surface area contributed by atoms with Gasteiger partial charge in [-0.3, -0.25) is 4.98 Å². The van der Waals surface area contributed by atoms with Gasteiger partial charge in [0.2, 0.25) is 0 Å². The maximum atomic E-state index is 11.7. The highest BCUT2D eigenvalue weighted by Crippen LogP contribution is 2.28. The highest BCUT2D eigenvalue weighted by Gasteiger charge is 2.29. The predicted molar refractivity (Wildman–Crippen MR) is 82.9 cm³/mol. The molecule has 5 nitrogen and oxygen atoms in total. The Hall–Kier alpha value is -0.980. The molecule has 1 saturated heterocycles. The number of aromatic nitrogens is 1. The summed E-state index contributed by atoms with van der Waals surface area (Å²) in [5, 5.41) is 3.43. The van der Waals surface area contributed by atoms with Crippen molar-refractivity contribution < 1.29 is 13.2 Å². The molecular weight excluding hydrogens is 288 g/mol. The normalized spacial score (nSPS) is 24.7. The van der Waals surface area contributed by atoms with Crippen LogP contribution in [0.5, 0.6) is 0 Å². The number of ether oxygens (including phenoxy) is 1. The molecule has 0 aliphatic carbocycles. The third-order valence-electron chi connectivity index (χ3n) is 3.80. The van der Waals surface area contributed by atoms with E-state index in [1.165, 1.54) is 0 Å². The van der Waals surface area contributed by atoms with E-state index in [2.05, 4.69) is 10.3 Å². The van der Waals surface area contributed by atoms with Gasteiger partial charge in [-0.05, 0) is 37.5 Å². The van der Waals surface area contributed by atoms with Crippen molar-refractivity contribution in [1.29, 1.82) is 0 Å². The SMILES string of the molecule is CCS(=O)(=O)C[C@@H](C)N[C@H]1CCCO[C@@H]1c1ccncc1. The summed E-state index contributed by atoms with van der Waals surface area (Å²) >= 11 is 0. The first kappa shape index (κ1) is 16.4. The topological polar surface area (TPSA) is 68.3 Å². The lowest BCUT2D eigenvalue weighted by molar-refractivity contribution is -0.0127. The molecule has 0 spiro atoms. The van der Waals surface area contributed by atoms with Crippen molar-refractivity contribution in [2.45, 2.75) is 44.9 Å². The average Bonchev–Trinajstić information content (AvgIpc) is 2.48. The molecule has 1 aromatic rings. The van der Waals surface area contributed by atoms with E-state index in [1.54, 1.807) is 19.3 Å². The zero-order valence-corrected chi connectivity index (χ0v) is 13.5. The van der Waals surface area contributed by atoms with E-state index < -0.39 is 9.84 Å².